The van der Waals surface area contributed by atoms with E-state index in [9.17, 15) is 14.0 Å². The molecule has 1 aliphatic rings. The number of hydrogen-bond donors (Lipinski definition) is 0. The molecule has 1 atom stereocenters. The van der Waals surface area contributed by atoms with E-state index in [0.29, 0.717) is 28.8 Å². The lowest BCUT2D eigenvalue weighted by atomic mass is 9.89. The van der Waals surface area contributed by atoms with E-state index in [1.54, 1.807) is 13.1 Å². The lowest BCUT2D eigenvalue weighted by Crippen LogP contribution is -2.34. The Balaban J connectivity index is 1.92. The number of amides is 1. The molecule has 162 valence electrons. The van der Waals surface area contributed by atoms with Crippen LogP contribution in [0.25, 0.3) is 0 Å². The summed E-state index contributed by atoms with van der Waals surface area (Å²) in [7, 11) is 6.18. The standard InChI is InChI=1S/C22H21FN2O5S/c1-24-21-20(31-22(24)27)15(11-17(26)25(21)13-7-5-12(23)6-8-13)14-9-10-16(28-2)19(30-4)18(14)29-3/h5-10,15H,11H2,1-4H3/t15-/m0/s1. The highest BCUT2D eigenvalue weighted by molar-refractivity contribution is 7.10. The average molecular weight is 444 g/mol. The van der Waals surface area contributed by atoms with E-state index in [4.69, 9.17) is 14.2 Å². The molecule has 0 fully saturated rings. The normalized spacial score (nSPS) is 15.6. The highest BCUT2D eigenvalue weighted by Gasteiger charge is 2.39. The van der Waals surface area contributed by atoms with Crippen molar-refractivity contribution in [2.75, 3.05) is 26.2 Å². The molecule has 0 aliphatic carbocycles. The SMILES string of the molecule is COc1ccc([C@@H]2CC(=O)N(c3ccc(F)cc3)c3c2sc(=O)n3C)c(OC)c1OC. The van der Waals surface area contributed by atoms with Gasteiger partial charge in [-0.3, -0.25) is 19.1 Å². The number of rotatable bonds is 5. The van der Waals surface area contributed by atoms with Crippen molar-refractivity contribution in [1.29, 1.82) is 0 Å². The van der Waals surface area contributed by atoms with Crippen LogP contribution in [0.15, 0.2) is 41.2 Å². The third kappa shape index (κ3) is 3.34. The van der Waals surface area contributed by atoms with Gasteiger partial charge >= 0.3 is 4.87 Å². The Morgan fingerprint density at radius 1 is 0.968 bits per heavy atom. The lowest BCUT2D eigenvalue weighted by molar-refractivity contribution is -0.118. The maximum atomic E-state index is 13.4. The van der Waals surface area contributed by atoms with Crippen LogP contribution < -0.4 is 24.0 Å². The number of nitrogens with zero attached hydrogens (tertiary/aromatic N) is 2. The maximum absolute atomic E-state index is 13.4. The fourth-order valence-electron chi connectivity index (χ4n) is 3.93. The van der Waals surface area contributed by atoms with Crippen LogP contribution in [0.2, 0.25) is 0 Å². The van der Waals surface area contributed by atoms with E-state index in [1.807, 2.05) is 6.07 Å². The Morgan fingerprint density at radius 3 is 2.26 bits per heavy atom. The van der Waals surface area contributed by atoms with Crippen molar-refractivity contribution in [2.45, 2.75) is 12.3 Å². The van der Waals surface area contributed by atoms with E-state index < -0.39 is 11.7 Å². The summed E-state index contributed by atoms with van der Waals surface area (Å²) >= 11 is 1.08. The second-order valence-corrected chi connectivity index (χ2v) is 7.99. The summed E-state index contributed by atoms with van der Waals surface area (Å²) in [6.07, 6.45) is 0.107. The quantitative estimate of drug-likeness (QED) is 0.599. The van der Waals surface area contributed by atoms with Crippen LogP contribution in [0.1, 0.15) is 22.8 Å². The van der Waals surface area contributed by atoms with Crippen molar-refractivity contribution in [2.24, 2.45) is 7.05 Å². The molecule has 1 aliphatic heterocycles. The van der Waals surface area contributed by atoms with Crippen molar-refractivity contribution >= 4 is 28.7 Å². The zero-order valence-corrected chi connectivity index (χ0v) is 18.3. The summed E-state index contributed by atoms with van der Waals surface area (Å²) in [5.41, 5.74) is 1.22. The Hall–Kier alpha value is -3.33. The monoisotopic (exact) mass is 444 g/mol. The Labute approximate surface area is 182 Å². The first-order valence-electron chi connectivity index (χ1n) is 9.48. The van der Waals surface area contributed by atoms with Gasteiger partial charge in [0.05, 0.1) is 31.9 Å². The summed E-state index contributed by atoms with van der Waals surface area (Å²) in [6.45, 7) is 0. The third-order valence-electron chi connectivity index (χ3n) is 5.36. The Morgan fingerprint density at radius 2 is 1.65 bits per heavy atom. The van der Waals surface area contributed by atoms with Crippen molar-refractivity contribution in [1.82, 2.24) is 4.57 Å². The van der Waals surface area contributed by atoms with Gasteiger partial charge < -0.3 is 14.2 Å². The number of carbonyl (C=O) groups excluding carboxylic acids is 1. The zero-order chi connectivity index (χ0) is 22.3. The van der Waals surface area contributed by atoms with Gasteiger partial charge in [-0.15, -0.1) is 0 Å². The number of hydrogen-bond acceptors (Lipinski definition) is 6. The molecule has 0 saturated heterocycles. The van der Waals surface area contributed by atoms with Gasteiger partial charge in [0, 0.05) is 24.9 Å². The van der Waals surface area contributed by atoms with Crippen LogP contribution in [0.5, 0.6) is 17.2 Å². The van der Waals surface area contributed by atoms with E-state index in [-0.39, 0.29) is 17.2 Å². The minimum atomic E-state index is -0.409. The van der Waals surface area contributed by atoms with Crippen LogP contribution in [0, 0.1) is 5.82 Å². The largest absolute Gasteiger partial charge is 0.493 e. The van der Waals surface area contributed by atoms with Gasteiger partial charge in [0.2, 0.25) is 11.7 Å². The van der Waals surface area contributed by atoms with Crippen LogP contribution in [-0.4, -0.2) is 31.8 Å². The molecule has 1 amide bonds. The molecule has 2 aromatic carbocycles. The van der Waals surface area contributed by atoms with Gasteiger partial charge in [0.15, 0.2) is 11.5 Å². The number of anilines is 2. The highest BCUT2D eigenvalue weighted by Crippen LogP contribution is 2.50. The number of methoxy groups -OCH3 is 3. The van der Waals surface area contributed by atoms with Gasteiger partial charge in [-0.05, 0) is 30.3 Å². The molecule has 4 rings (SSSR count). The third-order valence-corrected chi connectivity index (χ3v) is 6.50. The topological polar surface area (TPSA) is 70.0 Å². The number of fused-ring (bicyclic) bond motifs is 1. The first-order chi connectivity index (χ1) is 14.9. The molecule has 2 heterocycles. The molecular formula is C22H21FN2O5S. The number of ether oxygens (including phenoxy) is 3. The first kappa shape index (κ1) is 20.9. The van der Waals surface area contributed by atoms with Crippen molar-refractivity contribution < 1.29 is 23.4 Å². The average Bonchev–Trinajstić information content (AvgIpc) is 3.07. The number of thiazole rings is 1. The molecule has 9 heteroatoms. The van der Waals surface area contributed by atoms with Crippen LogP contribution in [-0.2, 0) is 11.8 Å². The minimum Gasteiger partial charge on any atom is -0.493 e. The highest BCUT2D eigenvalue weighted by atomic mass is 32.1. The first-order valence-corrected chi connectivity index (χ1v) is 10.3. The fourth-order valence-corrected chi connectivity index (χ4v) is 5.01. The molecule has 1 aromatic heterocycles. The van der Waals surface area contributed by atoms with Gasteiger partial charge in [0.1, 0.15) is 11.6 Å². The zero-order valence-electron chi connectivity index (χ0n) is 17.5. The van der Waals surface area contributed by atoms with Gasteiger partial charge in [-0.2, -0.15) is 0 Å². The minimum absolute atomic E-state index is 0.107. The molecular weight excluding hydrogens is 423 g/mol. The Kier molecular flexibility index (Phi) is 5.45. The molecule has 3 aromatic rings. The summed E-state index contributed by atoms with van der Waals surface area (Å²) in [4.78, 5) is 27.9. The van der Waals surface area contributed by atoms with E-state index in [0.717, 1.165) is 21.8 Å². The molecule has 0 bridgehead atoms. The second kappa shape index (κ2) is 8.07. The maximum Gasteiger partial charge on any atom is 0.308 e. The molecule has 0 spiro atoms. The molecule has 0 N–H and O–H groups in total. The molecule has 0 saturated carbocycles. The van der Waals surface area contributed by atoms with Gasteiger partial charge in [0.25, 0.3) is 0 Å². The molecule has 31 heavy (non-hydrogen) atoms. The van der Waals surface area contributed by atoms with Crippen LogP contribution >= 0.6 is 11.3 Å². The molecule has 7 nitrogen and oxygen atoms in total. The number of carbonyl (C=O) groups is 1. The Bertz CT molecular complexity index is 1200. The van der Waals surface area contributed by atoms with E-state index >= 15 is 0 Å². The van der Waals surface area contributed by atoms with E-state index in [2.05, 4.69) is 0 Å². The summed E-state index contributed by atoms with van der Waals surface area (Å²) in [6, 6.07) is 9.19. The predicted octanol–water partition coefficient (Wildman–Crippen LogP) is 3.81. The predicted molar refractivity (Wildman–Crippen MR) is 116 cm³/mol. The summed E-state index contributed by atoms with van der Waals surface area (Å²) in [5.74, 6) is 0.812. The van der Waals surface area contributed by atoms with Crippen molar-refractivity contribution in [3.8, 4) is 17.2 Å². The summed E-state index contributed by atoms with van der Waals surface area (Å²) in [5, 5.41) is 0. The van der Waals surface area contributed by atoms with E-state index in [1.165, 1.54) is 55.1 Å². The summed E-state index contributed by atoms with van der Waals surface area (Å²) < 4.78 is 31.4. The smallest absolute Gasteiger partial charge is 0.308 e. The van der Waals surface area contributed by atoms with Crippen LogP contribution in [0.3, 0.4) is 0 Å². The van der Waals surface area contributed by atoms with Crippen LogP contribution in [0.4, 0.5) is 15.9 Å². The second-order valence-electron chi connectivity index (χ2n) is 7.00. The van der Waals surface area contributed by atoms with Crippen molar-refractivity contribution in [3.05, 3.63) is 62.3 Å². The van der Waals surface area contributed by atoms with Gasteiger partial charge in [-0.1, -0.05) is 17.4 Å². The number of aromatic nitrogens is 1. The van der Waals surface area contributed by atoms with Gasteiger partial charge in [-0.25, -0.2) is 4.39 Å². The lowest BCUT2D eigenvalue weighted by Gasteiger charge is -2.33. The van der Waals surface area contributed by atoms with Crippen molar-refractivity contribution in [3.63, 3.8) is 0 Å². The number of halogens is 1. The molecule has 0 unspecified atom stereocenters. The number of benzene rings is 2. The molecule has 0 radical (unpaired) electrons. The fraction of sp³-hybridized carbons (Fsp3) is 0.273.